The second kappa shape index (κ2) is 5.58. The van der Waals surface area contributed by atoms with Gasteiger partial charge in [0.25, 0.3) is 0 Å². The number of H-pyrrole nitrogens is 1. The van der Waals surface area contributed by atoms with Gasteiger partial charge in [0.2, 0.25) is 0 Å². The molecule has 1 nitrogen and oxygen atoms in total. The van der Waals surface area contributed by atoms with Crippen molar-refractivity contribution in [3.05, 3.63) is 93.6 Å². The summed E-state index contributed by atoms with van der Waals surface area (Å²) in [6.45, 7) is 4.33. The van der Waals surface area contributed by atoms with E-state index in [4.69, 9.17) is 0 Å². The SMILES string of the molecule is Cc1cccc(C2=c3[nH]ccc3=CC(c3cccc(C)c3)C2)c1. The Bertz CT molecular complexity index is 975. The summed E-state index contributed by atoms with van der Waals surface area (Å²) in [7, 11) is 0. The molecule has 2 aromatic carbocycles. The molecule has 3 aromatic rings. The molecule has 0 saturated carbocycles. The van der Waals surface area contributed by atoms with Gasteiger partial charge in [0, 0.05) is 17.5 Å². The van der Waals surface area contributed by atoms with Crippen LogP contribution in [0.1, 0.15) is 34.6 Å². The summed E-state index contributed by atoms with van der Waals surface area (Å²) in [5, 5.41) is 2.60. The Labute approximate surface area is 137 Å². The molecule has 4 rings (SSSR count). The minimum atomic E-state index is 0.439. The maximum Gasteiger partial charge on any atom is 0.0489 e. The fourth-order valence-electron chi connectivity index (χ4n) is 3.59. The first kappa shape index (κ1) is 14.1. The lowest BCUT2D eigenvalue weighted by molar-refractivity contribution is 0.894. The smallest absolute Gasteiger partial charge is 0.0489 e. The minimum Gasteiger partial charge on any atom is -0.361 e. The molecule has 0 amide bonds. The van der Waals surface area contributed by atoms with Crippen molar-refractivity contribution in [2.24, 2.45) is 0 Å². The summed E-state index contributed by atoms with van der Waals surface area (Å²) in [5.41, 5.74) is 6.79. The van der Waals surface area contributed by atoms with E-state index in [0.29, 0.717) is 5.92 Å². The summed E-state index contributed by atoms with van der Waals surface area (Å²) in [5.74, 6) is 0.439. The summed E-state index contributed by atoms with van der Waals surface area (Å²) in [4.78, 5) is 3.44. The Morgan fingerprint density at radius 3 is 2.48 bits per heavy atom. The Morgan fingerprint density at radius 1 is 0.913 bits per heavy atom. The maximum absolute atomic E-state index is 3.44. The van der Waals surface area contributed by atoms with Crippen molar-refractivity contribution in [2.75, 3.05) is 0 Å². The van der Waals surface area contributed by atoms with Crippen LogP contribution in [-0.2, 0) is 0 Å². The van der Waals surface area contributed by atoms with E-state index in [1.54, 1.807) is 0 Å². The van der Waals surface area contributed by atoms with Crippen molar-refractivity contribution in [3.63, 3.8) is 0 Å². The Balaban J connectivity index is 1.87. The van der Waals surface area contributed by atoms with Crippen molar-refractivity contribution < 1.29 is 0 Å². The molecule has 1 N–H and O–H groups in total. The van der Waals surface area contributed by atoms with Crippen molar-refractivity contribution in [3.8, 4) is 0 Å². The monoisotopic (exact) mass is 299 g/mol. The van der Waals surface area contributed by atoms with Crippen LogP contribution < -0.4 is 10.6 Å². The van der Waals surface area contributed by atoms with Gasteiger partial charge in [-0.25, -0.2) is 0 Å². The van der Waals surface area contributed by atoms with E-state index < -0.39 is 0 Å². The molecule has 1 unspecified atom stereocenters. The summed E-state index contributed by atoms with van der Waals surface area (Å²) < 4.78 is 0. The summed E-state index contributed by atoms with van der Waals surface area (Å²) in [6, 6.07) is 19.9. The standard InChI is InChI=1S/C22H21N/c1-15-5-3-7-17(11-15)20-13-19-9-10-23-22(19)21(14-20)18-8-4-6-16(2)12-18/h3-13,20,23H,14H2,1-2H3. The van der Waals surface area contributed by atoms with E-state index in [2.05, 4.69) is 85.7 Å². The third-order valence-corrected chi connectivity index (χ3v) is 4.72. The van der Waals surface area contributed by atoms with Gasteiger partial charge in [-0.2, -0.15) is 0 Å². The summed E-state index contributed by atoms with van der Waals surface area (Å²) in [6.07, 6.45) is 5.50. The van der Waals surface area contributed by atoms with E-state index in [0.717, 1.165) is 6.42 Å². The van der Waals surface area contributed by atoms with Gasteiger partial charge in [0.1, 0.15) is 0 Å². The van der Waals surface area contributed by atoms with Gasteiger partial charge >= 0.3 is 0 Å². The lowest BCUT2D eigenvalue weighted by Gasteiger charge is -2.20. The van der Waals surface area contributed by atoms with E-state index >= 15 is 0 Å². The summed E-state index contributed by atoms with van der Waals surface area (Å²) >= 11 is 0. The third-order valence-electron chi connectivity index (χ3n) is 4.72. The van der Waals surface area contributed by atoms with E-state index in [1.807, 2.05) is 0 Å². The van der Waals surface area contributed by atoms with E-state index in [1.165, 1.54) is 38.4 Å². The zero-order valence-electron chi connectivity index (χ0n) is 13.6. The first-order valence-corrected chi connectivity index (χ1v) is 8.23. The number of aromatic amines is 1. The number of rotatable bonds is 2. The van der Waals surface area contributed by atoms with Crippen LogP contribution in [0.5, 0.6) is 0 Å². The van der Waals surface area contributed by atoms with Gasteiger partial charge in [-0.15, -0.1) is 0 Å². The molecule has 1 aromatic heterocycles. The zero-order chi connectivity index (χ0) is 15.8. The first-order valence-electron chi connectivity index (χ1n) is 8.23. The van der Waals surface area contributed by atoms with Crippen LogP contribution in [0.4, 0.5) is 0 Å². The Kier molecular flexibility index (Phi) is 3.42. The molecule has 0 spiro atoms. The Morgan fingerprint density at radius 2 is 1.70 bits per heavy atom. The molecular formula is C22H21N. The molecule has 0 fully saturated rings. The number of aryl methyl sites for hydroxylation is 2. The second-order valence-electron chi connectivity index (χ2n) is 6.55. The predicted octanol–water partition coefficient (Wildman–Crippen LogP) is 3.80. The lowest BCUT2D eigenvalue weighted by atomic mass is 9.84. The molecule has 1 heterocycles. The molecule has 1 atom stereocenters. The van der Waals surface area contributed by atoms with Crippen molar-refractivity contribution in [2.45, 2.75) is 26.2 Å². The number of hydrogen-bond acceptors (Lipinski definition) is 0. The molecule has 0 radical (unpaired) electrons. The second-order valence-corrected chi connectivity index (χ2v) is 6.55. The molecular weight excluding hydrogens is 278 g/mol. The topological polar surface area (TPSA) is 15.8 Å². The van der Waals surface area contributed by atoms with E-state index in [9.17, 15) is 0 Å². The average molecular weight is 299 g/mol. The van der Waals surface area contributed by atoms with Gasteiger partial charge in [-0.3, -0.25) is 0 Å². The van der Waals surface area contributed by atoms with Gasteiger partial charge in [0.15, 0.2) is 0 Å². The van der Waals surface area contributed by atoms with Crippen molar-refractivity contribution in [1.82, 2.24) is 4.98 Å². The molecule has 1 heteroatoms. The number of fused-ring (bicyclic) bond motifs is 1. The predicted molar refractivity (Wildman–Crippen MR) is 96.7 cm³/mol. The highest BCUT2D eigenvalue weighted by atomic mass is 14.7. The molecule has 0 aliphatic heterocycles. The normalized spacial score (nSPS) is 16.8. The number of aromatic nitrogens is 1. The molecule has 1 aliphatic rings. The highest BCUT2D eigenvalue weighted by Crippen LogP contribution is 2.30. The minimum absolute atomic E-state index is 0.439. The lowest BCUT2D eigenvalue weighted by Crippen LogP contribution is -2.30. The highest BCUT2D eigenvalue weighted by Gasteiger charge is 2.18. The fraction of sp³-hybridized carbons (Fsp3) is 0.182. The maximum atomic E-state index is 3.44. The highest BCUT2D eigenvalue weighted by molar-refractivity contribution is 5.69. The number of hydrogen-bond donors (Lipinski definition) is 1. The van der Waals surface area contributed by atoms with Crippen molar-refractivity contribution in [1.29, 1.82) is 0 Å². The average Bonchev–Trinajstić information content (AvgIpc) is 3.02. The van der Waals surface area contributed by atoms with Gasteiger partial charge in [0.05, 0.1) is 0 Å². The van der Waals surface area contributed by atoms with Crippen LogP contribution in [0, 0.1) is 13.8 Å². The van der Waals surface area contributed by atoms with Gasteiger partial charge in [-0.1, -0.05) is 65.7 Å². The fourth-order valence-corrected chi connectivity index (χ4v) is 3.59. The number of nitrogens with one attached hydrogen (secondary N) is 1. The van der Waals surface area contributed by atoms with Crippen molar-refractivity contribution >= 4 is 11.6 Å². The third kappa shape index (κ3) is 2.63. The van der Waals surface area contributed by atoms with Crippen LogP contribution in [0.3, 0.4) is 0 Å². The molecule has 0 saturated heterocycles. The Hall–Kier alpha value is -2.54. The first-order chi connectivity index (χ1) is 11.2. The van der Waals surface area contributed by atoms with Crippen LogP contribution >= 0.6 is 0 Å². The molecule has 0 bridgehead atoms. The largest absolute Gasteiger partial charge is 0.361 e. The van der Waals surface area contributed by atoms with Crippen LogP contribution in [-0.4, -0.2) is 4.98 Å². The molecule has 114 valence electrons. The van der Waals surface area contributed by atoms with Crippen LogP contribution in [0.15, 0.2) is 60.8 Å². The van der Waals surface area contributed by atoms with Gasteiger partial charge in [-0.05, 0) is 48.3 Å². The molecule has 1 aliphatic carbocycles. The van der Waals surface area contributed by atoms with Gasteiger partial charge < -0.3 is 4.98 Å². The van der Waals surface area contributed by atoms with Crippen LogP contribution in [0.25, 0.3) is 11.6 Å². The quantitative estimate of drug-likeness (QED) is 0.741. The molecule has 23 heavy (non-hydrogen) atoms. The van der Waals surface area contributed by atoms with E-state index in [-0.39, 0.29) is 0 Å². The zero-order valence-corrected chi connectivity index (χ0v) is 13.6. The van der Waals surface area contributed by atoms with Crippen LogP contribution in [0.2, 0.25) is 0 Å². The number of benzene rings is 2.